The van der Waals surface area contributed by atoms with Crippen LogP contribution in [0.3, 0.4) is 0 Å². The van der Waals surface area contributed by atoms with Gasteiger partial charge in [-0.2, -0.15) is 0 Å². The number of ether oxygens (including phenoxy) is 1. The molecule has 0 saturated carbocycles. The summed E-state index contributed by atoms with van der Waals surface area (Å²) in [5.41, 5.74) is 2.23. The van der Waals surface area contributed by atoms with Crippen molar-refractivity contribution in [3.8, 4) is 0 Å². The molecule has 0 radical (unpaired) electrons. The largest absolute Gasteiger partial charge is 0.463 e. The minimum absolute atomic E-state index is 0.246. The number of carbonyl (C=O) groups excluding carboxylic acids is 1. The maximum Gasteiger partial charge on any atom is 0.331 e. The van der Waals surface area contributed by atoms with Crippen molar-refractivity contribution in [3.05, 3.63) is 35.9 Å². The van der Waals surface area contributed by atoms with Crippen molar-refractivity contribution >= 4 is 23.3 Å². The van der Waals surface area contributed by atoms with Crippen LogP contribution in [0, 0.1) is 0 Å². The number of fused-ring (bicyclic) bond motifs is 1. The number of rotatable bonds is 2. The molecule has 1 aromatic rings. The zero-order chi connectivity index (χ0) is 10.7. The maximum absolute atomic E-state index is 11.3. The topological polar surface area (TPSA) is 26.3 Å². The third-order valence-electron chi connectivity index (χ3n) is 2.19. The van der Waals surface area contributed by atoms with Gasteiger partial charge in [0.2, 0.25) is 0 Å². The lowest BCUT2D eigenvalue weighted by atomic mass is 10.1. The van der Waals surface area contributed by atoms with E-state index in [9.17, 15) is 4.79 Å². The highest BCUT2D eigenvalue weighted by Gasteiger charge is 2.16. The first-order chi connectivity index (χ1) is 7.31. The monoisotopic (exact) mass is 220 g/mol. The Bertz CT molecular complexity index is 410. The van der Waals surface area contributed by atoms with Crippen molar-refractivity contribution in [3.63, 3.8) is 0 Å². The van der Waals surface area contributed by atoms with Crippen LogP contribution in [0.1, 0.15) is 12.5 Å². The molecular formula is C12H12O2S. The second kappa shape index (κ2) is 4.53. The first-order valence-corrected chi connectivity index (χ1v) is 5.89. The average Bonchev–Trinajstić information content (AvgIpc) is 2.62. The summed E-state index contributed by atoms with van der Waals surface area (Å²) >= 11 is 1.76. The molecule has 0 aliphatic carbocycles. The first-order valence-electron chi connectivity index (χ1n) is 4.91. The molecule has 3 heteroatoms. The number of benzene rings is 1. The number of carbonyl (C=O) groups is 1. The summed E-state index contributed by atoms with van der Waals surface area (Å²) in [6.07, 6.45) is 1.60. The lowest BCUT2D eigenvalue weighted by molar-refractivity contribution is -0.137. The SMILES string of the molecule is CCOC(=O)C=C1CSc2ccccc21. The summed E-state index contributed by atoms with van der Waals surface area (Å²) in [5.74, 6) is 0.614. The van der Waals surface area contributed by atoms with E-state index < -0.39 is 0 Å². The Morgan fingerprint density at radius 3 is 3.13 bits per heavy atom. The summed E-state index contributed by atoms with van der Waals surface area (Å²) in [7, 11) is 0. The molecule has 2 nitrogen and oxygen atoms in total. The fraction of sp³-hybridized carbons (Fsp3) is 0.250. The van der Waals surface area contributed by atoms with Gasteiger partial charge in [-0.25, -0.2) is 4.79 Å². The van der Waals surface area contributed by atoms with Crippen LogP contribution in [0.5, 0.6) is 0 Å². The molecule has 1 aromatic carbocycles. The minimum atomic E-state index is -0.246. The van der Waals surface area contributed by atoms with Crippen LogP contribution in [-0.2, 0) is 9.53 Å². The Hall–Kier alpha value is -1.22. The van der Waals surface area contributed by atoms with Gasteiger partial charge in [0.25, 0.3) is 0 Å². The summed E-state index contributed by atoms with van der Waals surface area (Å²) in [6, 6.07) is 8.12. The third kappa shape index (κ3) is 2.23. The molecule has 0 bridgehead atoms. The fourth-order valence-corrected chi connectivity index (χ4v) is 2.62. The molecule has 2 rings (SSSR count). The predicted octanol–water partition coefficient (Wildman–Crippen LogP) is 2.74. The highest BCUT2D eigenvalue weighted by molar-refractivity contribution is 8.00. The van der Waals surface area contributed by atoms with Gasteiger partial charge in [0.15, 0.2) is 0 Å². The molecule has 0 atom stereocenters. The minimum Gasteiger partial charge on any atom is -0.463 e. The van der Waals surface area contributed by atoms with E-state index in [0.29, 0.717) is 6.61 Å². The smallest absolute Gasteiger partial charge is 0.331 e. The fourth-order valence-electron chi connectivity index (χ4n) is 1.54. The summed E-state index contributed by atoms with van der Waals surface area (Å²) < 4.78 is 4.89. The molecule has 0 amide bonds. The Balaban J connectivity index is 2.23. The zero-order valence-electron chi connectivity index (χ0n) is 8.53. The summed E-state index contributed by atoms with van der Waals surface area (Å²) in [6.45, 7) is 2.24. The zero-order valence-corrected chi connectivity index (χ0v) is 9.34. The van der Waals surface area contributed by atoms with Gasteiger partial charge in [0.1, 0.15) is 0 Å². The molecule has 0 N–H and O–H groups in total. The standard InChI is InChI=1S/C12H12O2S/c1-2-14-12(13)7-9-8-15-11-6-4-3-5-10(9)11/h3-7H,2,8H2,1H3. The average molecular weight is 220 g/mol. The van der Waals surface area contributed by atoms with Gasteiger partial charge in [-0.1, -0.05) is 18.2 Å². The molecule has 78 valence electrons. The van der Waals surface area contributed by atoms with Crippen LogP contribution in [-0.4, -0.2) is 18.3 Å². The van der Waals surface area contributed by atoms with Crippen LogP contribution in [0.15, 0.2) is 35.2 Å². The van der Waals surface area contributed by atoms with Gasteiger partial charge in [0, 0.05) is 16.7 Å². The van der Waals surface area contributed by atoms with E-state index in [2.05, 4.69) is 6.07 Å². The number of thioether (sulfide) groups is 1. The van der Waals surface area contributed by atoms with Crippen molar-refractivity contribution in [2.75, 3.05) is 12.4 Å². The third-order valence-corrected chi connectivity index (χ3v) is 3.32. The van der Waals surface area contributed by atoms with Gasteiger partial charge in [-0.05, 0) is 24.1 Å². The highest BCUT2D eigenvalue weighted by atomic mass is 32.2. The van der Waals surface area contributed by atoms with E-state index in [-0.39, 0.29) is 5.97 Å². The van der Waals surface area contributed by atoms with Gasteiger partial charge in [-0.3, -0.25) is 0 Å². The van der Waals surface area contributed by atoms with Gasteiger partial charge in [0.05, 0.1) is 6.61 Å². The molecule has 0 fully saturated rings. The van der Waals surface area contributed by atoms with E-state index in [1.54, 1.807) is 17.8 Å². The second-order valence-corrected chi connectivity index (χ2v) is 4.22. The van der Waals surface area contributed by atoms with Crippen molar-refractivity contribution in [1.82, 2.24) is 0 Å². The normalized spacial score (nSPS) is 16.5. The van der Waals surface area contributed by atoms with Crippen molar-refractivity contribution in [2.45, 2.75) is 11.8 Å². The molecule has 0 saturated heterocycles. The predicted molar refractivity (Wildman–Crippen MR) is 61.8 cm³/mol. The van der Waals surface area contributed by atoms with Crippen molar-refractivity contribution in [1.29, 1.82) is 0 Å². The van der Waals surface area contributed by atoms with Gasteiger partial charge >= 0.3 is 5.97 Å². The number of esters is 1. The maximum atomic E-state index is 11.3. The van der Waals surface area contributed by atoms with Crippen molar-refractivity contribution in [2.24, 2.45) is 0 Å². The molecule has 1 aliphatic rings. The molecule has 1 heterocycles. The van der Waals surface area contributed by atoms with Crippen LogP contribution >= 0.6 is 11.8 Å². The van der Waals surface area contributed by atoms with Crippen LogP contribution in [0.4, 0.5) is 0 Å². The van der Waals surface area contributed by atoms with E-state index in [1.807, 2.05) is 25.1 Å². The first kappa shape index (κ1) is 10.3. The molecule has 0 unspecified atom stereocenters. The second-order valence-electron chi connectivity index (χ2n) is 3.21. The van der Waals surface area contributed by atoms with Crippen LogP contribution in [0.25, 0.3) is 5.57 Å². The molecule has 1 aliphatic heterocycles. The number of hydrogen-bond acceptors (Lipinski definition) is 3. The Labute approximate surface area is 93.3 Å². The lowest BCUT2D eigenvalue weighted by Gasteiger charge is -1.99. The summed E-state index contributed by atoms with van der Waals surface area (Å²) in [4.78, 5) is 12.5. The molecular weight excluding hydrogens is 208 g/mol. The lowest BCUT2D eigenvalue weighted by Crippen LogP contribution is -2.00. The Morgan fingerprint density at radius 1 is 1.53 bits per heavy atom. The van der Waals surface area contributed by atoms with Gasteiger partial charge in [-0.15, -0.1) is 11.8 Å². The van der Waals surface area contributed by atoms with Gasteiger partial charge < -0.3 is 4.74 Å². The molecule has 15 heavy (non-hydrogen) atoms. The van der Waals surface area contributed by atoms with Crippen LogP contribution in [0.2, 0.25) is 0 Å². The quantitative estimate of drug-likeness (QED) is 0.566. The van der Waals surface area contributed by atoms with E-state index in [4.69, 9.17) is 4.74 Å². The number of hydrogen-bond donors (Lipinski definition) is 0. The highest BCUT2D eigenvalue weighted by Crippen LogP contribution is 2.38. The summed E-state index contributed by atoms with van der Waals surface area (Å²) in [5, 5.41) is 0. The van der Waals surface area contributed by atoms with Crippen LogP contribution < -0.4 is 0 Å². The molecule has 0 spiro atoms. The van der Waals surface area contributed by atoms with E-state index >= 15 is 0 Å². The van der Waals surface area contributed by atoms with E-state index in [0.717, 1.165) is 16.9 Å². The Kier molecular flexibility index (Phi) is 3.11. The Morgan fingerprint density at radius 2 is 2.33 bits per heavy atom. The molecule has 0 aromatic heterocycles. The van der Waals surface area contributed by atoms with Crippen molar-refractivity contribution < 1.29 is 9.53 Å². The van der Waals surface area contributed by atoms with E-state index in [1.165, 1.54) is 4.90 Å².